The highest BCUT2D eigenvalue weighted by Gasteiger charge is 2.22. The van der Waals surface area contributed by atoms with Crippen molar-refractivity contribution in [2.45, 2.75) is 52.6 Å². The van der Waals surface area contributed by atoms with Crippen molar-refractivity contribution in [3.8, 4) is 0 Å². The predicted molar refractivity (Wildman–Crippen MR) is 82.6 cm³/mol. The van der Waals surface area contributed by atoms with Gasteiger partial charge in [0.25, 0.3) is 0 Å². The maximum Gasteiger partial charge on any atom is 0.0634 e. The van der Waals surface area contributed by atoms with Gasteiger partial charge in [0.05, 0.1) is 5.60 Å². The molecule has 0 aromatic heterocycles. The first kappa shape index (κ1) is 16.9. The van der Waals surface area contributed by atoms with E-state index in [0.29, 0.717) is 0 Å². The summed E-state index contributed by atoms with van der Waals surface area (Å²) in [5, 5.41) is 3.61. The molecule has 0 saturated carbocycles. The Labute approximate surface area is 120 Å². The van der Waals surface area contributed by atoms with Gasteiger partial charge in [0.2, 0.25) is 0 Å². The van der Waals surface area contributed by atoms with Gasteiger partial charge in [-0.15, -0.1) is 0 Å². The molecular formula is C16H34N2O. The number of likely N-dealkylation sites (tertiary alicyclic amines) is 1. The van der Waals surface area contributed by atoms with Gasteiger partial charge in [-0.1, -0.05) is 13.8 Å². The van der Waals surface area contributed by atoms with Gasteiger partial charge in [-0.05, 0) is 64.6 Å². The molecule has 1 rings (SSSR count). The van der Waals surface area contributed by atoms with Gasteiger partial charge in [-0.25, -0.2) is 0 Å². The Hall–Kier alpha value is -0.120. The molecule has 0 bridgehead atoms. The van der Waals surface area contributed by atoms with Crippen LogP contribution < -0.4 is 5.32 Å². The molecule has 1 fully saturated rings. The molecular weight excluding hydrogens is 236 g/mol. The van der Waals surface area contributed by atoms with Crippen molar-refractivity contribution in [1.29, 1.82) is 0 Å². The van der Waals surface area contributed by atoms with Gasteiger partial charge in [0.1, 0.15) is 0 Å². The minimum absolute atomic E-state index is 0.0167. The fourth-order valence-electron chi connectivity index (χ4n) is 2.63. The third-order valence-electron chi connectivity index (χ3n) is 4.17. The molecule has 0 aromatic carbocycles. The number of hydrogen-bond donors (Lipinski definition) is 1. The second-order valence-corrected chi connectivity index (χ2v) is 7.07. The minimum atomic E-state index is 0.0167. The zero-order chi connectivity index (χ0) is 14.3. The van der Waals surface area contributed by atoms with E-state index in [4.69, 9.17) is 4.74 Å². The van der Waals surface area contributed by atoms with Gasteiger partial charge in [0, 0.05) is 20.2 Å². The normalized spacial score (nSPS) is 22.1. The number of methoxy groups -OCH3 is 1. The van der Waals surface area contributed by atoms with E-state index in [-0.39, 0.29) is 5.60 Å². The lowest BCUT2D eigenvalue weighted by Gasteiger charge is -2.35. The molecule has 0 amide bonds. The summed E-state index contributed by atoms with van der Waals surface area (Å²) in [6.45, 7) is 14.9. The van der Waals surface area contributed by atoms with Crippen molar-refractivity contribution in [2.75, 3.05) is 39.8 Å². The fraction of sp³-hybridized carbons (Fsp3) is 1.00. The molecule has 0 radical (unpaired) electrons. The first-order valence-corrected chi connectivity index (χ1v) is 7.91. The summed E-state index contributed by atoms with van der Waals surface area (Å²) < 4.78 is 5.51. The molecule has 1 N–H and O–H groups in total. The molecule has 1 heterocycles. The third-order valence-corrected chi connectivity index (χ3v) is 4.17. The van der Waals surface area contributed by atoms with Crippen molar-refractivity contribution in [3.63, 3.8) is 0 Å². The van der Waals surface area contributed by atoms with Crippen LogP contribution in [0, 0.1) is 11.8 Å². The number of hydrogen-bond acceptors (Lipinski definition) is 3. The SMILES string of the molecule is COC(C)(C)CCN1CCCC(CNCC(C)C)C1. The predicted octanol–water partition coefficient (Wildman–Crippen LogP) is 2.76. The van der Waals surface area contributed by atoms with E-state index in [1.54, 1.807) is 0 Å². The lowest BCUT2D eigenvalue weighted by atomic mass is 9.96. The number of rotatable bonds is 8. The van der Waals surface area contributed by atoms with Crippen LogP contribution in [0.15, 0.2) is 0 Å². The monoisotopic (exact) mass is 270 g/mol. The van der Waals surface area contributed by atoms with Gasteiger partial charge in [-0.3, -0.25) is 0 Å². The van der Waals surface area contributed by atoms with E-state index >= 15 is 0 Å². The maximum atomic E-state index is 5.51. The van der Waals surface area contributed by atoms with Gasteiger partial charge >= 0.3 is 0 Å². The quantitative estimate of drug-likeness (QED) is 0.734. The summed E-state index contributed by atoms with van der Waals surface area (Å²) in [5.74, 6) is 1.58. The fourth-order valence-corrected chi connectivity index (χ4v) is 2.63. The smallest absolute Gasteiger partial charge is 0.0634 e. The van der Waals surface area contributed by atoms with Crippen LogP contribution in [0.2, 0.25) is 0 Å². The average Bonchev–Trinajstić information content (AvgIpc) is 2.37. The molecule has 0 aliphatic carbocycles. The summed E-state index contributed by atoms with van der Waals surface area (Å²) in [5.41, 5.74) is 0.0167. The molecule has 114 valence electrons. The van der Waals surface area contributed by atoms with E-state index in [9.17, 15) is 0 Å². The van der Waals surface area contributed by atoms with E-state index in [0.717, 1.165) is 24.8 Å². The topological polar surface area (TPSA) is 24.5 Å². The zero-order valence-electron chi connectivity index (χ0n) is 13.7. The maximum absolute atomic E-state index is 5.51. The average molecular weight is 270 g/mol. The number of nitrogens with one attached hydrogen (secondary N) is 1. The highest BCUT2D eigenvalue weighted by Crippen LogP contribution is 2.19. The third kappa shape index (κ3) is 7.28. The van der Waals surface area contributed by atoms with Gasteiger partial charge < -0.3 is 15.0 Å². The van der Waals surface area contributed by atoms with Crippen LogP contribution in [0.25, 0.3) is 0 Å². The Bertz CT molecular complexity index is 241. The lowest BCUT2D eigenvalue weighted by Crippen LogP contribution is -2.42. The summed E-state index contributed by atoms with van der Waals surface area (Å²) in [7, 11) is 1.81. The Kier molecular flexibility index (Phi) is 7.33. The Morgan fingerprint density at radius 3 is 2.74 bits per heavy atom. The summed E-state index contributed by atoms with van der Waals surface area (Å²) in [4.78, 5) is 2.62. The van der Waals surface area contributed by atoms with Crippen molar-refractivity contribution >= 4 is 0 Å². The minimum Gasteiger partial charge on any atom is -0.379 e. The number of ether oxygens (including phenoxy) is 1. The van der Waals surface area contributed by atoms with Crippen LogP contribution in [0.4, 0.5) is 0 Å². The summed E-state index contributed by atoms with van der Waals surface area (Å²) in [6.07, 6.45) is 3.85. The van der Waals surface area contributed by atoms with Crippen molar-refractivity contribution in [1.82, 2.24) is 10.2 Å². The van der Waals surface area contributed by atoms with E-state index in [1.165, 1.54) is 39.0 Å². The van der Waals surface area contributed by atoms with Crippen LogP contribution >= 0.6 is 0 Å². The largest absolute Gasteiger partial charge is 0.379 e. The van der Waals surface area contributed by atoms with Crippen LogP contribution in [-0.4, -0.2) is 50.3 Å². The highest BCUT2D eigenvalue weighted by molar-refractivity contribution is 4.77. The van der Waals surface area contributed by atoms with E-state index in [1.807, 2.05) is 7.11 Å². The molecule has 1 saturated heterocycles. The Morgan fingerprint density at radius 2 is 2.11 bits per heavy atom. The standard InChI is InChI=1S/C16H34N2O/c1-14(2)11-17-12-15-7-6-9-18(13-15)10-8-16(3,4)19-5/h14-15,17H,6-13H2,1-5H3. The molecule has 1 aliphatic rings. The first-order valence-electron chi connectivity index (χ1n) is 7.91. The molecule has 19 heavy (non-hydrogen) atoms. The van der Waals surface area contributed by atoms with Crippen molar-refractivity contribution in [3.05, 3.63) is 0 Å². The first-order chi connectivity index (χ1) is 8.93. The summed E-state index contributed by atoms with van der Waals surface area (Å²) in [6, 6.07) is 0. The van der Waals surface area contributed by atoms with Crippen molar-refractivity contribution in [2.24, 2.45) is 11.8 Å². The molecule has 0 spiro atoms. The van der Waals surface area contributed by atoms with E-state index < -0.39 is 0 Å². The highest BCUT2D eigenvalue weighted by atomic mass is 16.5. The molecule has 3 heteroatoms. The molecule has 1 unspecified atom stereocenters. The number of nitrogens with zero attached hydrogens (tertiary/aromatic N) is 1. The second kappa shape index (κ2) is 8.23. The van der Waals surface area contributed by atoms with Gasteiger partial charge in [0.15, 0.2) is 0 Å². The molecule has 1 aliphatic heterocycles. The van der Waals surface area contributed by atoms with Crippen LogP contribution in [-0.2, 0) is 4.74 Å². The Morgan fingerprint density at radius 1 is 1.37 bits per heavy atom. The van der Waals surface area contributed by atoms with Crippen LogP contribution in [0.5, 0.6) is 0 Å². The zero-order valence-corrected chi connectivity index (χ0v) is 13.7. The number of piperidine rings is 1. The van der Waals surface area contributed by atoms with Gasteiger partial charge in [-0.2, -0.15) is 0 Å². The van der Waals surface area contributed by atoms with Crippen LogP contribution in [0.1, 0.15) is 47.0 Å². The summed E-state index contributed by atoms with van der Waals surface area (Å²) >= 11 is 0. The Balaban J connectivity index is 2.22. The van der Waals surface area contributed by atoms with Crippen LogP contribution in [0.3, 0.4) is 0 Å². The molecule has 1 atom stereocenters. The van der Waals surface area contributed by atoms with Crippen molar-refractivity contribution < 1.29 is 4.74 Å². The van der Waals surface area contributed by atoms with E-state index in [2.05, 4.69) is 37.9 Å². The molecule has 0 aromatic rings. The lowest BCUT2D eigenvalue weighted by molar-refractivity contribution is 0.00415. The molecule has 3 nitrogen and oxygen atoms in total. The second-order valence-electron chi connectivity index (χ2n) is 7.07.